The van der Waals surface area contributed by atoms with Crippen molar-refractivity contribution in [2.75, 3.05) is 6.54 Å². The van der Waals surface area contributed by atoms with Crippen molar-refractivity contribution in [3.63, 3.8) is 0 Å². The Morgan fingerprint density at radius 1 is 1.15 bits per heavy atom. The van der Waals surface area contributed by atoms with Gasteiger partial charge in [-0.05, 0) is 24.3 Å². The molecule has 0 unspecified atom stereocenters. The molecule has 27 heavy (non-hydrogen) atoms. The van der Waals surface area contributed by atoms with E-state index >= 15 is 0 Å². The van der Waals surface area contributed by atoms with Crippen LogP contribution in [0.3, 0.4) is 0 Å². The lowest BCUT2D eigenvalue weighted by Gasteiger charge is -2.27. The van der Waals surface area contributed by atoms with Crippen molar-refractivity contribution < 1.29 is 9.32 Å². The largest absolute Gasteiger partial charge is 0.356 e. The van der Waals surface area contributed by atoms with Crippen molar-refractivity contribution in [1.82, 2.24) is 19.4 Å². The van der Waals surface area contributed by atoms with E-state index in [0.717, 1.165) is 11.1 Å². The summed E-state index contributed by atoms with van der Waals surface area (Å²) in [6, 6.07) is 12.9. The number of para-hydroxylation sites is 1. The van der Waals surface area contributed by atoms with E-state index in [4.69, 9.17) is 4.52 Å². The molecule has 0 saturated carbocycles. The van der Waals surface area contributed by atoms with Crippen LogP contribution in [0.2, 0.25) is 0 Å². The summed E-state index contributed by atoms with van der Waals surface area (Å²) in [5, 5.41) is 4.88. The Morgan fingerprint density at radius 2 is 2.00 bits per heavy atom. The van der Waals surface area contributed by atoms with Crippen molar-refractivity contribution in [3.05, 3.63) is 76.0 Å². The molecule has 134 valence electrons. The van der Waals surface area contributed by atoms with Gasteiger partial charge in [0.1, 0.15) is 11.3 Å². The monoisotopic (exact) mass is 360 g/mol. The number of hydrogen-bond acceptors (Lipinski definition) is 5. The van der Waals surface area contributed by atoms with Gasteiger partial charge in [0.15, 0.2) is 5.58 Å². The van der Waals surface area contributed by atoms with E-state index in [1.165, 1.54) is 4.40 Å². The van der Waals surface area contributed by atoms with E-state index in [2.05, 4.69) is 10.1 Å². The maximum absolute atomic E-state index is 12.8. The number of rotatable bonds is 2. The topological polar surface area (TPSA) is 80.7 Å². The second-order valence-electron chi connectivity index (χ2n) is 6.64. The van der Waals surface area contributed by atoms with Crippen LogP contribution in [0.1, 0.15) is 17.0 Å². The third-order valence-electron chi connectivity index (χ3n) is 5.00. The highest BCUT2D eigenvalue weighted by atomic mass is 16.5. The Bertz CT molecular complexity index is 1240. The van der Waals surface area contributed by atoms with Crippen LogP contribution in [0, 0.1) is 0 Å². The summed E-state index contributed by atoms with van der Waals surface area (Å²) < 4.78 is 6.80. The van der Waals surface area contributed by atoms with Crippen LogP contribution in [0.25, 0.3) is 16.6 Å². The molecular formula is C20H16N4O3. The van der Waals surface area contributed by atoms with Crippen LogP contribution < -0.4 is 5.56 Å². The molecule has 3 aromatic heterocycles. The highest BCUT2D eigenvalue weighted by Gasteiger charge is 2.26. The molecule has 0 N–H and O–H groups in total. The molecule has 0 saturated heterocycles. The average Bonchev–Trinajstić information content (AvgIpc) is 3.11. The molecule has 1 aliphatic heterocycles. The van der Waals surface area contributed by atoms with Crippen molar-refractivity contribution in [3.8, 4) is 0 Å². The molecule has 5 rings (SSSR count). The first-order chi connectivity index (χ1) is 13.2. The molecule has 0 fully saturated rings. The predicted molar refractivity (Wildman–Crippen MR) is 98.3 cm³/mol. The van der Waals surface area contributed by atoms with Crippen molar-refractivity contribution in [2.24, 2.45) is 0 Å². The highest BCUT2D eigenvalue weighted by molar-refractivity contribution is 5.86. The maximum atomic E-state index is 12.8. The van der Waals surface area contributed by atoms with Gasteiger partial charge in [-0.2, -0.15) is 0 Å². The number of benzene rings is 1. The number of nitrogens with zero attached hydrogens (tertiary/aromatic N) is 4. The summed E-state index contributed by atoms with van der Waals surface area (Å²) in [4.78, 5) is 31.9. The number of fused-ring (bicyclic) bond motifs is 3. The Balaban J connectivity index is 1.44. The second-order valence-corrected chi connectivity index (χ2v) is 6.64. The number of aromatic nitrogens is 3. The molecule has 0 bridgehead atoms. The summed E-state index contributed by atoms with van der Waals surface area (Å²) in [7, 11) is 0. The van der Waals surface area contributed by atoms with E-state index in [9.17, 15) is 9.59 Å². The highest BCUT2D eigenvalue weighted by Crippen LogP contribution is 2.20. The lowest BCUT2D eigenvalue weighted by Crippen LogP contribution is -2.40. The van der Waals surface area contributed by atoms with Gasteiger partial charge in [-0.3, -0.25) is 14.0 Å². The zero-order chi connectivity index (χ0) is 18.4. The Hall–Kier alpha value is -3.48. The van der Waals surface area contributed by atoms with Crippen LogP contribution in [-0.4, -0.2) is 31.9 Å². The number of amides is 1. The van der Waals surface area contributed by atoms with Gasteiger partial charge in [-0.25, -0.2) is 4.98 Å². The molecule has 7 heteroatoms. The Morgan fingerprint density at radius 3 is 2.93 bits per heavy atom. The molecule has 1 aromatic carbocycles. The first kappa shape index (κ1) is 15.7. The van der Waals surface area contributed by atoms with Gasteiger partial charge in [0, 0.05) is 24.5 Å². The fraction of sp³-hybridized carbons (Fsp3) is 0.200. The SMILES string of the molecule is O=C(Cc1noc2ccccc12)N1CCc2nc3ccccn3c(=O)c2C1. The van der Waals surface area contributed by atoms with Gasteiger partial charge in [0.25, 0.3) is 5.56 Å². The van der Waals surface area contributed by atoms with Crippen molar-refractivity contribution in [2.45, 2.75) is 19.4 Å². The average molecular weight is 360 g/mol. The smallest absolute Gasteiger partial charge is 0.263 e. The van der Waals surface area contributed by atoms with Gasteiger partial charge in [0.05, 0.1) is 24.2 Å². The zero-order valence-corrected chi connectivity index (χ0v) is 14.5. The normalized spacial score (nSPS) is 13.9. The van der Waals surface area contributed by atoms with Crippen molar-refractivity contribution >= 4 is 22.5 Å². The van der Waals surface area contributed by atoms with E-state index in [-0.39, 0.29) is 24.4 Å². The molecule has 0 aliphatic carbocycles. The molecule has 0 atom stereocenters. The predicted octanol–water partition coefficient (Wildman–Crippen LogP) is 1.96. The minimum atomic E-state index is -0.111. The fourth-order valence-corrected chi connectivity index (χ4v) is 3.58. The van der Waals surface area contributed by atoms with Gasteiger partial charge < -0.3 is 9.42 Å². The number of carbonyl (C=O) groups is 1. The molecular weight excluding hydrogens is 344 g/mol. The molecule has 4 aromatic rings. The number of hydrogen-bond donors (Lipinski definition) is 0. The molecule has 0 spiro atoms. The maximum Gasteiger partial charge on any atom is 0.263 e. The first-order valence-electron chi connectivity index (χ1n) is 8.81. The van der Waals surface area contributed by atoms with E-state index < -0.39 is 0 Å². The van der Waals surface area contributed by atoms with E-state index in [1.54, 1.807) is 17.2 Å². The van der Waals surface area contributed by atoms with Crippen LogP contribution in [-0.2, 0) is 24.2 Å². The minimum absolute atomic E-state index is 0.0720. The van der Waals surface area contributed by atoms with Crippen molar-refractivity contribution in [1.29, 1.82) is 0 Å². The molecule has 0 radical (unpaired) electrons. The van der Waals surface area contributed by atoms with Crippen LogP contribution in [0.15, 0.2) is 58.0 Å². The first-order valence-corrected chi connectivity index (χ1v) is 8.81. The Kier molecular flexibility index (Phi) is 3.53. The lowest BCUT2D eigenvalue weighted by molar-refractivity contribution is -0.131. The standard InChI is InChI=1S/C20H16N4O3/c25-19(11-16-13-5-1-2-6-17(13)27-22-16)23-10-8-15-14(12-23)20(26)24-9-4-3-7-18(24)21-15/h1-7,9H,8,10-12H2. The molecule has 7 nitrogen and oxygen atoms in total. The third kappa shape index (κ3) is 2.59. The lowest BCUT2D eigenvalue weighted by atomic mass is 10.1. The Labute approximate surface area is 153 Å². The molecule has 1 aliphatic rings. The molecule has 1 amide bonds. The third-order valence-corrected chi connectivity index (χ3v) is 5.00. The summed E-state index contributed by atoms with van der Waals surface area (Å²) in [5.74, 6) is -0.0720. The summed E-state index contributed by atoms with van der Waals surface area (Å²) in [5.41, 5.74) is 3.17. The van der Waals surface area contributed by atoms with Gasteiger partial charge in [-0.15, -0.1) is 0 Å². The zero-order valence-electron chi connectivity index (χ0n) is 14.5. The van der Waals surface area contributed by atoms with Gasteiger partial charge in [-0.1, -0.05) is 23.4 Å². The second kappa shape index (κ2) is 6.05. The van der Waals surface area contributed by atoms with Gasteiger partial charge >= 0.3 is 0 Å². The number of pyridine rings is 1. The fourth-order valence-electron chi connectivity index (χ4n) is 3.58. The van der Waals surface area contributed by atoms with Crippen LogP contribution in [0.4, 0.5) is 0 Å². The van der Waals surface area contributed by atoms with Crippen LogP contribution >= 0.6 is 0 Å². The minimum Gasteiger partial charge on any atom is -0.356 e. The quantitative estimate of drug-likeness (QED) is 0.546. The summed E-state index contributed by atoms with van der Waals surface area (Å²) in [6.45, 7) is 0.810. The van der Waals surface area contributed by atoms with Crippen LogP contribution in [0.5, 0.6) is 0 Å². The van der Waals surface area contributed by atoms with E-state index in [0.29, 0.717) is 35.5 Å². The summed E-state index contributed by atoms with van der Waals surface area (Å²) >= 11 is 0. The number of carbonyl (C=O) groups excluding carboxylic acids is 1. The molecule has 4 heterocycles. The summed E-state index contributed by atoms with van der Waals surface area (Å²) in [6.07, 6.45) is 2.42. The van der Waals surface area contributed by atoms with Gasteiger partial charge in [0.2, 0.25) is 5.91 Å². The van der Waals surface area contributed by atoms with E-state index in [1.807, 2.05) is 36.4 Å².